The van der Waals surface area contributed by atoms with Crippen LogP contribution >= 0.6 is 43.2 Å². The van der Waals surface area contributed by atoms with Crippen LogP contribution in [0.5, 0.6) is 0 Å². The first-order chi connectivity index (χ1) is 15.2. The number of nitrogens with one attached hydrogen (secondary N) is 2. The van der Waals surface area contributed by atoms with Crippen molar-refractivity contribution in [3.05, 3.63) is 31.8 Å². The normalized spacial score (nSPS) is 22.5. The highest BCUT2D eigenvalue weighted by atomic mass is 79.9. The first-order valence-corrected chi connectivity index (χ1v) is 12.3. The fourth-order valence-electron chi connectivity index (χ4n) is 3.05. The van der Waals surface area contributed by atoms with Crippen LogP contribution in [-0.4, -0.2) is 73.7 Å². The zero-order valence-electron chi connectivity index (χ0n) is 15.9. The molecule has 0 aromatic carbocycles. The topological polar surface area (TPSA) is 173 Å². The van der Waals surface area contributed by atoms with Gasteiger partial charge in [-0.25, -0.2) is 9.78 Å². The zero-order valence-corrected chi connectivity index (χ0v) is 20.7. The molecule has 1 saturated heterocycles. The van der Waals surface area contributed by atoms with E-state index in [0.29, 0.717) is 9.80 Å². The maximum absolute atomic E-state index is 12.8. The maximum atomic E-state index is 12.8. The van der Waals surface area contributed by atoms with E-state index in [0.717, 1.165) is 16.2 Å². The minimum atomic E-state index is -1.69. The molecule has 16 heteroatoms. The number of aromatic nitrogens is 1. The Morgan fingerprint density at radius 2 is 2.22 bits per heavy atom. The summed E-state index contributed by atoms with van der Waals surface area (Å²) in [4.78, 5) is 57.5. The number of nitrogens with zero attached hydrogens (tertiary/aromatic N) is 3. The molecule has 170 valence electrons. The average Bonchev–Trinajstić information content (AvgIpc) is 3.17. The number of carboxylic acid groups (broad SMARTS) is 1. The molecule has 3 amide bonds. The number of rotatable bonds is 8. The summed E-state index contributed by atoms with van der Waals surface area (Å²) >= 11 is 5.59. The molecule has 3 atom stereocenters. The minimum Gasteiger partial charge on any atom is -0.614 e. The molecule has 0 saturated carbocycles. The molecule has 32 heavy (non-hydrogen) atoms. The number of amides is 3. The number of halogens is 2. The second-order valence-corrected chi connectivity index (χ2v) is 11.3. The van der Waals surface area contributed by atoms with E-state index in [1.54, 1.807) is 0 Å². The van der Waals surface area contributed by atoms with Gasteiger partial charge >= 0.3 is 5.97 Å². The predicted molar refractivity (Wildman–Crippen MR) is 122 cm³/mol. The molecule has 1 aromatic rings. The van der Waals surface area contributed by atoms with Crippen LogP contribution in [0.15, 0.2) is 31.3 Å². The highest BCUT2D eigenvalue weighted by Crippen LogP contribution is 2.38. The Kier molecular flexibility index (Phi) is 7.71. The fraction of sp³-hybridized carbons (Fsp3) is 0.250. The first kappa shape index (κ1) is 24.4. The van der Waals surface area contributed by atoms with Crippen molar-refractivity contribution < 1.29 is 33.7 Å². The van der Waals surface area contributed by atoms with Crippen LogP contribution in [0.25, 0.3) is 0 Å². The number of carbonyl (C=O) groups is 4. The lowest BCUT2D eigenvalue weighted by Gasteiger charge is -2.48. The summed E-state index contributed by atoms with van der Waals surface area (Å²) in [7, 11) is 1.21. The second-order valence-electron chi connectivity index (χ2n) is 6.11. The van der Waals surface area contributed by atoms with Crippen molar-refractivity contribution in [3.8, 4) is 0 Å². The highest BCUT2D eigenvalue weighted by Gasteiger charge is 2.61. The van der Waals surface area contributed by atoms with Gasteiger partial charge in [0, 0.05) is 11.0 Å². The van der Waals surface area contributed by atoms with E-state index in [9.17, 15) is 28.8 Å². The van der Waals surface area contributed by atoms with Gasteiger partial charge in [0.1, 0.15) is 24.3 Å². The van der Waals surface area contributed by atoms with Gasteiger partial charge in [-0.2, -0.15) is 0 Å². The fourth-order valence-corrected chi connectivity index (χ4v) is 5.89. The lowest BCUT2D eigenvalue weighted by Crippen LogP contribution is -2.75. The predicted octanol–water partition coefficient (Wildman–Crippen LogP) is 0.447. The number of anilines is 1. The van der Waals surface area contributed by atoms with Crippen LogP contribution in [0.3, 0.4) is 0 Å². The van der Waals surface area contributed by atoms with Crippen LogP contribution in [0.1, 0.15) is 5.69 Å². The summed E-state index contributed by atoms with van der Waals surface area (Å²) in [5.41, 5.74) is -0.325. The number of carbonyl (C=O) groups excluding carboxylic acids is 3. The number of hydrogen-bond donors (Lipinski definition) is 3. The highest BCUT2D eigenvalue weighted by molar-refractivity contribution is 9.28. The Bertz CT molecular complexity index is 1070. The van der Waals surface area contributed by atoms with Crippen LogP contribution < -0.4 is 10.6 Å². The van der Waals surface area contributed by atoms with Crippen LogP contribution in [-0.2, 0) is 35.2 Å². The molecular formula is C16H13Br2N5O7S2. The van der Waals surface area contributed by atoms with Gasteiger partial charge in [-0.05, 0) is 49.1 Å². The number of thiazole rings is 1. The van der Waals surface area contributed by atoms with Crippen molar-refractivity contribution in [3.63, 3.8) is 0 Å². The smallest absolute Gasteiger partial charge is 0.353 e. The number of hydrogen-bond acceptors (Lipinski definition) is 9. The van der Waals surface area contributed by atoms with E-state index in [1.807, 2.05) is 0 Å². The molecule has 12 nitrogen and oxygen atoms in total. The maximum Gasteiger partial charge on any atom is 0.353 e. The zero-order chi connectivity index (χ0) is 23.6. The standard InChI is InChI=1S/C16H13Br2N5O7S2/c1-30-22-9(7-3-31-16(20-7)19-5-24)12(25)21-10-13(26)23-11(15(27)28)6(2-8(17)18)4-32(29)14(10)23/h2-3,5,10,14H,4H2,1H3,(H,21,25)(H,27,28)(H,19,20,24)/t10?,14-,32?/m0/s1. The number of oxime groups is 1. The number of fused-ring (bicyclic) bond motifs is 1. The summed E-state index contributed by atoms with van der Waals surface area (Å²) < 4.78 is 13.2. The average molecular weight is 611 g/mol. The summed E-state index contributed by atoms with van der Waals surface area (Å²) in [6.45, 7) is 0. The van der Waals surface area contributed by atoms with Crippen molar-refractivity contribution in [2.45, 2.75) is 11.4 Å². The van der Waals surface area contributed by atoms with Crippen molar-refractivity contribution in [1.29, 1.82) is 0 Å². The molecule has 3 heterocycles. The summed E-state index contributed by atoms with van der Waals surface area (Å²) in [5.74, 6) is -3.07. The minimum absolute atomic E-state index is 0.0767. The molecule has 0 radical (unpaired) electrons. The van der Waals surface area contributed by atoms with E-state index in [1.165, 1.54) is 18.6 Å². The number of aliphatic carboxylic acids is 1. The van der Waals surface area contributed by atoms with E-state index < -0.39 is 40.4 Å². The van der Waals surface area contributed by atoms with Gasteiger partial charge < -0.3 is 25.1 Å². The first-order valence-electron chi connectivity index (χ1n) is 8.47. The van der Waals surface area contributed by atoms with E-state index in [-0.39, 0.29) is 33.6 Å². The van der Waals surface area contributed by atoms with Crippen LogP contribution in [0, 0.1) is 0 Å². The summed E-state index contributed by atoms with van der Waals surface area (Å²) in [6, 6.07) is -1.23. The van der Waals surface area contributed by atoms with Gasteiger partial charge in [-0.15, -0.1) is 11.3 Å². The quantitative estimate of drug-likeness (QED) is 0.125. The van der Waals surface area contributed by atoms with E-state index in [4.69, 9.17) is 0 Å². The largest absolute Gasteiger partial charge is 0.614 e. The van der Waals surface area contributed by atoms with Crippen molar-refractivity contribution in [2.24, 2.45) is 5.16 Å². The molecule has 0 aliphatic carbocycles. The molecule has 3 rings (SSSR count). The molecule has 2 aliphatic rings. The SMILES string of the molecule is CON=C(C(=O)NC1C(=O)N2C(C(=O)O)=C(C=C(Br)Br)C[S+]([O-])[C@@H]12)c1csc(NC=O)n1. The Morgan fingerprint density at radius 3 is 2.81 bits per heavy atom. The Balaban J connectivity index is 1.85. The Labute approximate surface area is 204 Å². The lowest BCUT2D eigenvalue weighted by molar-refractivity contribution is -0.150. The van der Waals surface area contributed by atoms with Crippen LogP contribution in [0.4, 0.5) is 5.13 Å². The summed E-state index contributed by atoms with van der Waals surface area (Å²) in [6.07, 6.45) is 1.83. The van der Waals surface area contributed by atoms with Crippen LogP contribution in [0.2, 0.25) is 0 Å². The van der Waals surface area contributed by atoms with E-state index >= 15 is 0 Å². The molecule has 3 N–H and O–H groups in total. The third-order valence-electron chi connectivity index (χ3n) is 4.25. The Hall–Kier alpha value is -2.27. The molecule has 0 spiro atoms. The number of β-lactam (4-membered cyclic amide) rings is 1. The van der Waals surface area contributed by atoms with Crippen molar-refractivity contribution in [2.75, 3.05) is 18.2 Å². The molecule has 1 fully saturated rings. The van der Waals surface area contributed by atoms with Gasteiger partial charge in [0.05, 0.1) is 3.39 Å². The molecular weight excluding hydrogens is 598 g/mol. The van der Waals surface area contributed by atoms with Gasteiger partial charge in [-0.3, -0.25) is 19.3 Å². The number of allylic oxidation sites excluding steroid dienone is 1. The Morgan fingerprint density at radius 1 is 1.50 bits per heavy atom. The summed E-state index contributed by atoms with van der Waals surface area (Å²) in [5, 5.41) is 18.6. The lowest BCUT2D eigenvalue weighted by atomic mass is 10.0. The van der Waals surface area contributed by atoms with Crippen molar-refractivity contribution >= 4 is 89.4 Å². The third kappa shape index (κ3) is 4.73. The van der Waals surface area contributed by atoms with Gasteiger partial charge in [0.25, 0.3) is 11.8 Å². The molecule has 2 unspecified atom stereocenters. The number of carboxylic acids is 1. The van der Waals surface area contributed by atoms with Gasteiger partial charge in [-0.1, -0.05) is 5.16 Å². The van der Waals surface area contributed by atoms with Crippen molar-refractivity contribution in [1.82, 2.24) is 15.2 Å². The van der Waals surface area contributed by atoms with Gasteiger partial charge in [0.15, 0.2) is 16.9 Å². The second kappa shape index (κ2) is 10.1. The van der Waals surface area contributed by atoms with Gasteiger partial charge in [0.2, 0.25) is 11.8 Å². The van der Waals surface area contributed by atoms with E-state index in [2.05, 4.69) is 57.5 Å². The molecule has 1 aromatic heterocycles. The molecule has 0 bridgehead atoms. The molecule has 2 aliphatic heterocycles. The monoisotopic (exact) mass is 609 g/mol. The third-order valence-corrected chi connectivity index (χ3v) is 7.10.